The Morgan fingerprint density at radius 3 is 2.69 bits per heavy atom. The summed E-state index contributed by atoms with van der Waals surface area (Å²) in [6.45, 7) is 2.05. The number of hydrogen-bond donors (Lipinski definition) is 2. The fraction of sp³-hybridized carbons (Fsp3) is 0.333. The third kappa shape index (κ3) is 2.87. The van der Waals surface area contributed by atoms with E-state index in [9.17, 15) is 5.26 Å². The molecule has 0 saturated heterocycles. The molecule has 0 aromatic heterocycles. The van der Waals surface area contributed by atoms with Crippen LogP contribution in [0.25, 0.3) is 11.1 Å². The van der Waals surface area contributed by atoms with Gasteiger partial charge in [-0.1, -0.05) is 12.5 Å². The Hall–Kier alpha value is -2.03. The number of aryl methyl sites for hydroxylation is 1. The maximum Gasteiger partial charge on any atom is 0.262 e. The zero-order valence-corrected chi connectivity index (χ0v) is 16.3. The molecule has 3 nitrogen and oxygen atoms in total. The topological polar surface area (TPSA) is 45.0 Å². The Morgan fingerprint density at radius 2 is 1.96 bits per heavy atom. The Morgan fingerprint density at radius 1 is 1.19 bits per heavy atom. The van der Waals surface area contributed by atoms with Crippen LogP contribution in [-0.4, -0.2) is 5.17 Å². The first-order valence-electron chi connectivity index (χ1n) is 8.91. The van der Waals surface area contributed by atoms with Crippen LogP contribution in [0.15, 0.2) is 35.2 Å². The summed E-state index contributed by atoms with van der Waals surface area (Å²) in [7, 11) is 0. The summed E-state index contributed by atoms with van der Waals surface area (Å²) < 4.78 is 6.18. The van der Waals surface area contributed by atoms with E-state index >= 15 is 0 Å². The van der Waals surface area contributed by atoms with Gasteiger partial charge in [0.1, 0.15) is 11.7 Å². The molecular weight excluding hydrogens is 360 g/mol. The zero-order chi connectivity index (χ0) is 18.3. The van der Waals surface area contributed by atoms with Crippen molar-refractivity contribution in [1.29, 1.82) is 5.26 Å². The quantitative estimate of drug-likeness (QED) is 0.491. The highest BCUT2D eigenvalue weighted by atomic mass is 32.1. The van der Waals surface area contributed by atoms with Crippen LogP contribution in [-0.2, 0) is 10.3 Å². The predicted molar refractivity (Wildman–Crippen MR) is 111 cm³/mol. The summed E-state index contributed by atoms with van der Waals surface area (Å²) >= 11 is 9.76. The first-order chi connectivity index (χ1) is 12.5. The second kappa shape index (κ2) is 6.61. The van der Waals surface area contributed by atoms with Gasteiger partial charge in [0.2, 0.25) is 0 Å². The number of benzene rings is 2. The Kier molecular flexibility index (Phi) is 4.42. The normalized spacial score (nSPS) is 17.8. The molecule has 5 heteroatoms. The number of rotatable bonds is 1. The van der Waals surface area contributed by atoms with E-state index in [0.29, 0.717) is 15.6 Å². The maximum atomic E-state index is 9.36. The van der Waals surface area contributed by atoms with Gasteiger partial charge in [-0.15, -0.1) is 12.6 Å². The number of nitrogens with zero attached hydrogens (tertiary/aromatic N) is 1. The van der Waals surface area contributed by atoms with Crippen LogP contribution in [0.5, 0.6) is 0 Å². The molecule has 2 aromatic carbocycles. The van der Waals surface area contributed by atoms with Crippen LogP contribution in [0, 0.1) is 18.3 Å². The molecule has 2 aromatic rings. The van der Waals surface area contributed by atoms with Crippen molar-refractivity contribution in [2.24, 2.45) is 0 Å². The zero-order valence-electron chi connectivity index (χ0n) is 14.6. The van der Waals surface area contributed by atoms with E-state index in [2.05, 4.69) is 49.1 Å². The Labute approximate surface area is 164 Å². The molecule has 0 unspecified atom stereocenters. The largest absolute Gasteiger partial charge is 0.459 e. The number of ether oxygens (including phenoxy) is 1. The molecule has 26 heavy (non-hydrogen) atoms. The smallest absolute Gasteiger partial charge is 0.262 e. The molecule has 1 aliphatic carbocycles. The maximum absolute atomic E-state index is 9.36. The molecule has 0 bridgehead atoms. The number of thiocarbonyl (C=S) groups is 1. The Balaban J connectivity index is 1.86. The SMILES string of the molecule is Cc1cc(S)c(C#N)cc1-c1ccc2c(c1)C1(CCCCC1)OC(=S)N2. The monoisotopic (exact) mass is 380 g/mol. The molecular formula is C21H20N2OS2. The van der Waals surface area contributed by atoms with Gasteiger partial charge >= 0.3 is 0 Å². The summed E-state index contributed by atoms with van der Waals surface area (Å²) in [5.41, 5.74) is 5.74. The van der Waals surface area contributed by atoms with Gasteiger partial charge in [0, 0.05) is 16.1 Å². The molecule has 1 fully saturated rings. The molecule has 0 atom stereocenters. The molecule has 0 radical (unpaired) electrons. The lowest BCUT2D eigenvalue weighted by molar-refractivity contribution is 0.0141. The van der Waals surface area contributed by atoms with Crippen molar-refractivity contribution in [2.75, 3.05) is 5.32 Å². The van der Waals surface area contributed by atoms with Gasteiger partial charge in [0.25, 0.3) is 5.17 Å². The van der Waals surface area contributed by atoms with Crippen molar-refractivity contribution in [2.45, 2.75) is 49.5 Å². The molecule has 4 rings (SSSR count). The van der Waals surface area contributed by atoms with E-state index < -0.39 is 0 Å². The first-order valence-corrected chi connectivity index (χ1v) is 9.76. The fourth-order valence-electron chi connectivity index (χ4n) is 4.15. The van der Waals surface area contributed by atoms with Crippen LogP contribution < -0.4 is 5.32 Å². The van der Waals surface area contributed by atoms with Gasteiger partial charge in [-0.25, -0.2) is 0 Å². The number of fused-ring (bicyclic) bond motifs is 2. The summed E-state index contributed by atoms with van der Waals surface area (Å²) in [6.07, 6.45) is 5.53. The van der Waals surface area contributed by atoms with Crippen LogP contribution in [0.1, 0.15) is 48.8 Å². The number of hydrogen-bond acceptors (Lipinski definition) is 4. The number of nitrogens with one attached hydrogen (secondary N) is 1. The highest BCUT2D eigenvalue weighted by Gasteiger charge is 2.41. The van der Waals surface area contributed by atoms with E-state index in [-0.39, 0.29) is 5.60 Å². The third-order valence-corrected chi connectivity index (χ3v) is 6.03. The highest BCUT2D eigenvalue weighted by Crippen LogP contribution is 2.47. The van der Waals surface area contributed by atoms with E-state index in [1.165, 1.54) is 12.0 Å². The van der Waals surface area contributed by atoms with Crippen molar-refractivity contribution in [3.05, 3.63) is 47.0 Å². The third-order valence-electron chi connectivity index (χ3n) is 5.47. The summed E-state index contributed by atoms with van der Waals surface area (Å²) in [5, 5.41) is 13.0. The lowest BCUT2D eigenvalue weighted by Gasteiger charge is -2.42. The average Bonchev–Trinajstić information content (AvgIpc) is 2.62. The number of nitriles is 1. The van der Waals surface area contributed by atoms with Gasteiger partial charge in [0.05, 0.1) is 5.56 Å². The van der Waals surface area contributed by atoms with E-state index in [4.69, 9.17) is 17.0 Å². The van der Waals surface area contributed by atoms with Crippen molar-refractivity contribution in [3.8, 4) is 17.2 Å². The second-order valence-electron chi connectivity index (χ2n) is 7.13. The molecule has 1 spiro atoms. The van der Waals surface area contributed by atoms with Crippen molar-refractivity contribution >= 4 is 35.7 Å². The standard InChI is InChI=1S/C21H20N2OS2/c1-13-9-19(25)15(12-22)10-16(13)14-5-6-18-17(11-14)21(24-20(26)23-18)7-3-2-4-8-21/h5-6,9-11,25H,2-4,7-8H2,1H3,(H,23,26). The minimum atomic E-state index is -0.318. The van der Waals surface area contributed by atoms with Gasteiger partial charge in [-0.3, -0.25) is 0 Å². The van der Waals surface area contributed by atoms with Crippen LogP contribution in [0.2, 0.25) is 0 Å². The summed E-state index contributed by atoms with van der Waals surface area (Å²) in [5.74, 6) is 0. The molecule has 2 aliphatic rings. The summed E-state index contributed by atoms with van der Waals surface area (Å²) in [4.78, 5) is 0.714. The lowest BCUT2D eigenvalue weighted by atomic mass is 9.77. The van der Waals surface area contributed by atoms with E-state index in [0.717, 1.165) is 48.1 Å². The highest BCUT2D eigenvalue weighted by molar-refractivity contribution is 7.80. The molecule has 1 heterocycles. The summed E-state index contributed by atoms with van der Waals surface area (Å²) in [6, 6.07) is 12.5. The second-order valence-corrected chi connectivity index (χ2v) is 7.98. The van der Waals surface area contributed by atoms with Gasteiger partial charge in [-0.05, 0) is 85.8 Å². The number of anilines is 1. The minimum absolute atomic E-state index is 0.318. The van der Waals surface area contributed by atoms with Gasteiger partial charge in [-0.2, -0.15) is 5.26 Å². The lowest BCUT2D eigenvalue weighted by Crippen LogP contribution is -2.40. The molecule has 1 saturated carbocycles. The molecule has 0 amide bonds. The van der Waals surface area contributed by atoms with Gasteiger partial charge < -0.3 is 10.1 Å². The average molecular weight is 381 g/mol. The van der Waals surface area contributed by atoms with Crippen molar-refractivity contribution in [3.63, 3.8) is 0 Å². The van der Waals surface area contributed by atoms with E-state index in [1.54, 1.807) is 0 Å². The number of thiol groups is 1. The fourth-order valence-corrected chi connectivity index (χ4v) is 4.73. The van der Waals surface area contributed by atoms with E-state index in [1.807, 2.05) is 12.1 Å². The molecule has 132 valence electrons. The molecule has 1 aliphatic heterocycles. The first kappa shape index (κ1) is 17.4. The van der Waals surface area contributed by atoms with Gasteiger partial charge in [0.15, 0.2) is 0 Å². The van der Waals surface area contributed by atoms with Crippen molar-refractivity contribution < 1.29 is 4.74 Å². The van der Waals surface area contributed by atoms with Crippen LogP contribution in [0.3, 0.4) is 0 Å². The molecule has 1 N–H and O–H groups in total. The van der Waals surface area contributed by atoms with Crippen molar-refractivity contribution in [1.82, 2.24) is 0 Å². The van der Waals surface area contributed by atoms with Crippen LogP contribution >= 0.6 is 24.8 Å². The Bertz CT molecular complexity index is 940. The van der Waals surface area contributed by atoms with Crippen LogP contribution in [0.4, 0.5) is 5.69 Å². The minimum Gasteiger partial charge on any atom is -0.459 e. The predicted octanol–water partition coefficient (Wildman–Crippen LogP) is 5.71.